The molecule has 0 saturated heterocycles. The zero-order valence-corrected chi connectivity index (χ0v) is 11.0. The van der Waals surface area contributed by atoms with Crippen LogP contribution in [0.1, 0.15) is 31.9 Å². The predicted molar refractivity (Wildman–Crippen MR) is 68.7 cm³/mol. The van der Waals surface area contributed by atoms with E-state index >= 15 is 0 Å². The third-order valence-corrected chi connectivity index (χ3v) is 1.86. The van der Waals surface area contributed by atoms with Crippen molar-refractivity contribution in [2.45, 2.75) is 34.3 Å². The third kappa shape index (κ3) is 6.60. The smallest absolute Gasteiger partial charge is 0.174 e. The molecule has 94 valence electrons. The summed E-state index contributed by atoms with van der Waals surface area (Å²) in [6.45, 7) is 8.39. The van der Waals surface area contributed by atoms with Gasteiger partial charge in [-0.15, -0.1) is 0 Å². The molecule has 0 saturated carbocycles. The van der Waals surface area contributed by atoms with E-state index in [1.54, 1.807) is 12.1 Å². The van der Waals surface area contributed by atoms with Crippen LogP contribution in [0.5, 0.6) is 5.75 Å². The molecule has 0 spiro atoms. The number of nitriles is 1. The highest BCUT2D eigenvalue weighted by Gasteiger charge is 2.02. The summed E-state index contributed by atoms with van der Waals surface area (Å²) in [6.07, 6.45) is 0. The molecular weight excluding hydrogens is 214 g/mol. The summed E-state index contributed by atoms with van der Waals surface area (Å²) in [5.41, 5.74) is 1.72. The maximum atomic E-state index is 8.95. The van der Waals surface area contributed by atoms with E-state index in [9.17, 15) is 0 Å². The van der Waals surface area contributed by atoms with Gasteiger partial charge in [0.1, 0.15) is 11.8 Å². The van der Waals surface area contributed by atoms with Crippen LogP contribution < -0.4 is 4.74 Å². The van der Waals surface area contributed by atoms with Crippen molar-refractivity contribution in [3.63, 3.8) is 0 Å². The third-order valence-electron chi connectivity index (χ3n) is 1.86. The molecule has 1 N–H and O–H groups in total. The van der Waals surface area contributed by atoms with E-state index in [-0.39, 0.29) is 13.2 Å². The SMILES string of the molecule is CC(C)C.Cc1c(CO)cccc1OCC#N. The van der Waals surface area contributed by atoms with Gasteiger partial charge in [-0.1, -0.05) is 32.9 Å². The van der Waals surface area contributed by atoms with Crippen molar-refractivity contribution in [1.29, 1.82) is 5.26 Å². The molecule has 0 atom stereocenters. The first-order valence-electron chi connectivity index (χ1n) is 5.72. The summed E-state index contributed by atoms with van der Waals surface area (Å²) in [6, 6.07) is 7.30. The standard InChI is InChI=1S/C10H11NO2.C4H10/c1-8-9(7-12)3-2-4-10(8)13-6-5-11;1-4(2)3/h2-4,12H,6-7H2,1H3;4H,1-3H3. The molecule has 0 aliphatic carbocycles. The van der Waals surface area contributed by atoms with Gasteiger partial charge in [0.05, 0.1) is 6.61 Å². The molecule has 0 amide bonds. The van der Waals surface area contributed by atoms with E-state index in [0.717, 1.165) is 17.0 Å². The Bertz CT molecular complexity index is 364. The lowest BCUT2D eigenvalue weighted by Gasteiger charge is -2.08. The minimum atomic E-state index is -0.00438. The van der Waals surface area contributed by atoms with Crippen LogP contribution >= 0.6 is 0 Å². The Morgan fingerprint density at radius 2 is 1.94 bits per heavy atom. The molecule has 0 aromatic heterocycles. The molecular formula is C14H21NO2. The lowest BCUT2D eigenvalue weighted by Crippen LogP contribution is -1.98. The van der Waals surface area contributed by atoms with Gasteiger partial charge in [-0.25, -0.2) is 0 Å². The second-order valence-electron chi connectivity index (χ2n) is 4.38. The summed E-state index contributed by atoms with van der Waals surface area (Å²) >= 11 is 0. The first kappa shape index (κ1) is 15.5. The van der Waals surface area contributed by atoms with Gasteiger partial charge in [0.2, 0.25) is 0 Å². The average Bonchev–Trinajstić information content (AvgIpc) is 2.27. The number of aliphatic hydroxyl groups is 1. The Morgan fingerprint density at radius 3 is 2.41 bits per heavy atom. The van der Waals surface area contributed by atoms with E-state index in [1.807, 2.05) is 19.1 Å². The lowest BCUT2D eigenvalue weighted by atomic mass is 10.1. The van der Waals surface area contributed by atoms with Crippen LogP contribution in [-0.4, -0.2) is 11.7 Å². The van der Waals surface area contributed by atoms with Crippen LogP contribution in [0.4, 0.5) is 0 Å². The average molecular weight is 235 g/mol. The summed E-state index contributed by atoms with van der Waals surface area (Å²) in [7, 11) is 0. The Labute approximate surface area is 104 Å². The maximum Gasteiger partial charge on any atom is 0.174 e. The fraction of sp³-hybridized carbons (Fsp3) is 0.500. The first-order valence-corrected chi connectivity index (χ1v) is 5.72. The molecule has 0 aliphatic rings. The van der Waals surface area contributed by atoms with Crippen molar-refractivity contribution in [3.8, 4) is 11.8 Å². The van der Waals surface area contributed by atoms with Gasteiger partial charge >= 0.3 is 0 Å². The Kier molecular flexibility index (Phi) is 7.83. The fourth-order valence-electron chi connectivity index (χ4n) is 1.10. The second-order valence-corrected chi connectivity index (χ2v) is 4.38. The molecule has 0 radical (unpaired) electrons. The molecule has 0 bridgehead atoms. The molecule has 0 unspecified atom stereocenters. The maximum absolute atomic E-state index is 8.95. The molecule has 1 aromatic carbocycles. The highest BCUT2D eigenvalue weighted by Crippen LogP contribution is 2.20. The minimum absolute atomic E-state index is 0.00438. The minimum Gasteiger partial charge on any atom is -0.478 e. The highest BCUT2D eigenvalue weighted by molar-refractivity contribution is 5.38. The van der Waals surface area contributed by atoms with Crippen LogP contribution in [0, 0.1) is 24.2 Å². The Balaban J connectivity index is 0.000000557. The van der Waals surface area contributed by atoms with Crippen molar-refractivity contribution in [2.75, 3.05) is 6.61 Å². The number of benzene rings is 1. The van der Waals surface area contributed by atoms with Crippen LogP contribution in [-0.2, 0) is 6.61 Å². The summed E-state index contributed by atoms with van der Waals surface area (Å²) < 4.78 is 5.16. The fourth-order valence-corrected chi connectivity index (χ4v) is 1.10. The topological polar surface area (TPSA) is 53.2 Å². The molecule has 1 aromatic rings. The molecule has 17 heavy (non-hydrogen) atoms. The van der Waals surface area contributed by atoms with Crippen molar-refractivity contribution < 1.29 is 9.84 Å². The van der Waals surface area contributed by atoms with Crippen molar-refractivity contribution in [1.82, 2.24) is 0 Å². The van der Waals surface area contributed by atoms with Gasteiger partial charge in [0.15, 0.2) is 6.61 Å². The van der Waals surface area contributed by atoms with Crippen LogP contribution in [0.15, 0.2) is 18.2 Å². The quantitative estimate of drug-likeness (QED) is 0.876. The van der Waals surface area contributed by atoms with Crippen LogP contribution in [0.3, 0.4) is 0 Å². The second kappa shape index (κ2) is 8.60. The zero-order valence-electron chi connectivity index (χ0n) is 11.0. The Hall–Kier alpha value is -1.53. The summed E-state index contributed by atoms with van der Waals surface area (Å²) in [4.78, 5) is 0. The van der Waals surface area contributed by atoms with E-state index in [2.05, 4.69) is 20.8 Å². The number of nitrogens with zero attached hydrogens (tertiary/aromatic N) is 1. The van der Waals surface area contributed by atoms with Gasteiger partial charge in [0, 0.05) is 0 Å². The molecule has 0 aliphatic heterocycles. The van der Waals surface area contributed by atoms with Crippen LogP contribution in [0.2, 0.25) is 0 Å². The van der Waals surface area contributed by atoms with Crippen molar-refractivity contribution >= 4 is 0 Å². The molecule has 1 rings (SSSR count). The Morgan fingerprint density at radius 1 is 1.35 bits per heavy atom. The van der Waals surface area contributed by atoms with E-state index in [1.165, 1.54) is 0 Å². The van der Waals surface area contributed by atoms with Crippen molar-refractivity contribution in [2.24, 2.45) is 5.92 Å². The molecule has 0 heterocycles. The van der Waals surface area contributed by atoms with E-state index in [4.69, 9.17) is 15.1 Å². The van der Waals surface area contributed by atoms with E-state index in [0.29, 0.717) is 5.75 Å². The van der Waals surface area contributed by atoms with Gasteiger partial charge in [-0.3, -0.25) is 0 Å². The molecule has 3 heteroatoms. The number of hydrogen-bond acceptors (Lipinski definition) is 3. The zero-order chi connectivity index (χ0) is 13.3. The highest BCUT2D eigenvalue weighted by atomic mass is 16.5. The normalized spacial score (nSPS) is 9.24. The lowest BCUT2D eigenvalue weighted by molar-refractivity contribution is 0.279. The number of ether oxygens (including phenoxy) is 1. The number of hydrogen-bond donors (Lipinski definition) is 1. The first-order chi connectivity index (χ1) is 8.02. The monoisotopic (exact) mass is 235 g/mol. The predicted octanol–water partition coefficient (Wildman–Crippen LogP) is 3.05. The van der Waals surface area contributed by atoms with Gasteiger partial charge < -0.3 is 9.84 Å². The molecule has 0 fully saturated rings. The number of rotatable bonds is 3. The number of aliphatic hydroxyl groups excluding tert-OH is 1. The largest absolute Gasteiger partial charge is 0.478 e. The van der Waals surface area contributed by atoms with Gasteiger partial charge in [-0.05, 0) is 30.0 Å². The summed E-state index contributed by atoms with van der Waals surface area (Å²) in [5, 5.41) is 17.3. The van der Waals surface area contributed by atoms with Gasteiger partial charge in [0.25, 0.3) is 0 Å². The molecule has 3 nitrogen and oxygen atoms in total. The summed E-state index contributed by atoms with van der Waals surface area (Å²) in [5.74, 6) is 1.49. The van der Waals surface area contributed by atoms with Crippen molar-refractivity contribution in [3.05, 3.63) is 29.3 Å². The van der Waals surface area contributed by atoms with Crippen LogP contribution in [0.25, 0.3) is 0 Å². The van der Waals surface area contributed by atoms with E-state index < -0.39 is 0 Å². The van der Waals surface area contributed by atoms with Gasteiger partial charge in [-0.2, -0.15) is 5.26 Å².